The van der Waals surface area contributed by atoms with Crippen molar-refractivity contribution in [2.75, 3.05) is 0 Å². The predicted molar refractivity (Wildman–Crippen MR) is 52.0 cm³/mol. The van der Waals surface area contributed by atoms with Crippen molar-refractivity contribution in [2.24, 2.45) is 0 Å². The van der Waals surface area contributed by atoms with Gasteiger partial charge in [0, 0.05) is 11.6 Å². The van der Waals surface area contributed by atoms with Crippen LogP contribution >= 0.6 is 0 Å². The second kappa shape index (κ2) is 3.36. The molecule has 0 unspecified atom stereocenters. The number of halogens is 1. The average Bonchev–Trinajstić information content (AvgIpc) is 2.01. The van der Waals surface area contributed by atoms with Gasteiger partial charge >= 0.3 is 0 Å². The van der Waals surface area contributed by atoms with Crippen LogP contribution in [0.2, 0.25) is 0 Å². The molecule has 3 nitrogen and oxygen atoms in total. The third-order valence-electron chi connectivity index (χ3n) is 2.08. The van der Waals surface area contributed by atoms with Crippen molar-refractivity contribution < 1.29 is 9.31 Å². The zero-order valence-corrected chi connectivity index (χ0v) is 8.37. The maximum absolute atomic E-state index is 13.5. The summed E-state index contributed by atoms with van der Waals surface area (Å²) >= 11 is 0. The first-order valence-corrected chi connectivity index (χ1v) is 4.27. The van der Waals surface area contributed by atoms with Gasteiger partial charge in [0.05, 0.1) is 4.92 Å². The third-order valence-corrected chi connectivity index (χ3v) is 2.08. The number of hydrogen-bond acceptors (Lipinski definition) is 2. The second-order valence-corrected chi connectivity index (χ2v) is 3.73. The van der Waals surface area contributed by atoms with Crippen molar-refractivity contribution in [1.29, 1.82) is 0 Å². The summed E-state index contributed by atoms with van der Waals surface area (Å²) in [6.45, 7) is 4.45. The number of nitro groups is 1. The van der Waals surface area contributed by atoms with E-state index in [1.54, 1.807) is 6.92 Å². The Bertz CT molecular complexity index is 369. The van der Waals surface area contributed by atoms with Gasteiger partial charge in [-0.2, -0.15) is 0 Å². The van der Waals surface area contributed by atoms with Gasteiger partial charge in [0.15, 0.2) is 0 Å². The molecule has 1 aromatic rings. The highest BCUT2D eigenvalue weighted by Gasteiger charge is 2.21. The minimum atomic E-state index is -1.46. The van der Waals surface area contributed by atoms with Crippen LogP contribution in [0.5, 0.6) is 0 Å². The fraction of sp³-hybridized carbons (Fsp3) is 0.400. The SMILES string of the molecule is Cc1cc(C(C)(C)F)ccc1[N+](=O)[O-]. The number of nitrogens with zero attached hydrogens (tertiary/aromatic N) is 1. The Morgan fingerprint density at radius 3 is 2.36 bits per heavy atom. The minimum absolute atomic E-state index is 0.0259. The Kier molecular flexibility index (Phi) is 2.55. The molecule has 0 amide bonds. The van der Waals surface area contributed by atoms with Gasteiger partial charge in [-0.1, -0.05) is 0 Å². The molecule has 0 aliphatic rings. The lowest BCUT2D eigenvalue weighted by molar-refractivity contribution is -0.385. The normalized spacial score (nSPS) is 11.4. The zero-order chi connectivity index (χ0) is 10.9. The van der Waals surface area contributed by atoms with Crippen molar-refractivity contribution in [1.82, 2.24) is 0 Å². The highest BCUT2D eigenvalue weighted by Crippen LogP contribution is 2.28. The predicted octanol–water partition coefficient (Wildman–Crippen LogP) is 3.11. The van der Waals surface area contributed by atoms with E-state index >= 15 is 0 Å². The van der Waals surface area contributed by atoms with Crippen LogP contribution in [0.25, 0.3) is 0 Å². The number of benzene rings is 1. The van der Waals surface area contributed by atoms with E-state index in [1.165, 1.54) is 32.0 Å². The Morgan fingerprint density at radius 2 is 2.00 bits per heavy atom. The molecule has 0 saturated heterocycles. The van der Waals surface area contributed by atoms with Crippen molar-refractivity contribution in [3.63, 3.8) is 0 Å². The van der Waals surface area contributed by atoms with Crippen LogP contribution in [-0.2, 0) is 5.67 Å². The summed E-state index contributed by atoms with van der Waals surface area (Å²) in [4.78, 5) is 10.0. The average molecular weight is 197 g/mol. The molecule has 76 valence electrons. The fourth-order valence-corrected chi connectivity index (χ4v) is 1.23. The van der Waals surface area contributed by atoms with Crippen LogP contribution in [0.3, 0.4) is 0 Å². The molecule has 14 heavy (non-hydrogen) atoms. The molecular formula is C10H12FNO2. The molecule has 0 aliphatic carbocycles. The standard InChI is InChI=1S/C10H12FNO2/c1-7-6-8(10(2,3)11)4-5-9(7)12(13)14/h4-6H,1-3H3. The molecule has 0 atom stereocenters. The molecule has 1 aromatic carbocycles. The Balaban J connectivity index is 3.20. The molecule has 0 bridgehead atoms. The molecule has 0 saturated carbocycles. The van der Waals surface area contributed by atoms with Crippen LogP contribution in [0.4, 0.5) is 10.1 Å². The van der Waals surface area contributed by atoms with E-state index in [0.29, 0.717) is 11.1 Å². The Morgan fingerprint density at radius 1 is 1.43 bits per heavy atom. The molecule has 4 heteroatoms. The molecule has 1 rings (SSSR count). The molecular weight excluding hydrogens is 185 g/mol. The number of hydrogen-bond donors (Lipinski definition) is 0. The maximum Gasteiger partial charge on any atom is 0.272 e. The van der Waals surface area contributed by atoms with Crippen LogP contribution < -0.4 is 0 Å². The third kappa shape index (κ3) is 2.07. The first-order valence-electron chi connectivity index (χ1n) is 4.27. The summed E-state index contributed by atoms with van der Waals surface area (Å²) in [5, 5.41) is 10.5. The first kappa shape index (κ1) is 10.6. The molecule has 0 radical (unpaired) electrons. The lowest BCUT2D eigenvalue weighted by Gasteiger charge is -2.14. The van der Waals surface area contributed by atoms with E-state index in [-0.39, 0.29) is 5.69 Å². The Hall–Kier alpha value is -1.45. The lowest BCUT2D eigenvalue weighted by atomic mass is 9.98. The quantitative estimate of drug-likeness (QED) is 0.540. The van der Waals surface area contributed by atoms with Gasteiger partial charge in [0.25, 0.3) is 5.69 Å². The van der Waals surface area contributed by atoms with Gasteiger partial charge in [0.1, 0.15) is 5.67 Å². The van der Waals surface area contributed by atoms with Gasteiger partial charge in [-0.25, -0.2) is 4.39 Å². The fourth-order valence-electron chi connectivity index (χ4n) is 1.23. The molecule has 0 fully saturated rings. The van der Waals surface area contributed by atoms with E-state index < -0.39 is 10.6 Å². The minimum Gasteiger partial charge on any atom is -0.258 e. The van der Waals surface area contributed by atoms with E-state index in [4.69, 9.17) is 0 Å². The molecule has 0 aliphatic heterocycles. The van der Waals surface area contributed by atoms with E-state index in [1.807, 2.05) is 0 Å². The lowest BCUT2D eigenvalue weighted by Crippen LogP contribution is -2.09. The number of aryl methyl sites for hydroxylation is 1. The number of rotatable bonds is 2. The monoisotopic (exact) mass is 197 g/mol. The smallest absolute Gasteiger partial charge is 0.258 e. The number of nitro benzene ring substituents is 1. The van der Waals surface area contributed by atoms with Crippen LogP contribution in [0, 0.1) is 17.0 Å². The summed E-state index contributed by atoms with van der Waals surface area (Å²) < 4.78 is 13.5. The highest BCUT2D eigenvalue weighted by atomic mass is 19.1. The van der Waals surface area contributed by atoms with Crippen LogP contribution in [-0.4, -0.2) is 4.92 Å². The topological polar surface area (TPSA) is 43.1 Å². The summed E-state index contributed by atoms with van der Waals surface area (Å²) in [5.41, 5.74) is -0.489. The van der Waals surface area contributed by atoms with Gasteiger partial charge in [-0.05, 0) is 38.5 Å². The Labute approximate surface area is 81.7 Å². The molecule has 0 aromatic heterocycles. The van der Waals surface area contributed by atoms with Crippen molar-refractivity contribution in [3.8, 4) is 0 Å². The number of alkyl halides is 1. The summed E-state index contributed by atoms with van der Waals surface area (Å²) in [6.07, 6.45) is 0. The van der Waals surface area contributed by atoms with E-state index in [2.05, 4.69) is 0 Å². The van der Waals surface area contributed by atoms with Crippen molar-refractivity contribution >= 4 is 5.69 Å². The van der Waals surface area contributed by atoms with Crippen LogP contribution in [0.1, 0.15) is 25.0 Å². The van der Waals surface area contributed by atoms with Crippen molar-refractivity contribution in [3.05, 3.63) is 39.4 Å². The van der Waals surface area contributed by atoms with Gasteiger partial charge in [-0.15, -0.1) is 0 Å². The van der Waals surface area contributed by atoms with E-state index in [9.17, 15) is 14.5 Å². The highest BCUT2D eigenvalue weighted by molar-refractivity contribution is 5.43. The van der Waals surface area contributed by atoms with Gasteiger partial charge in [0.2, 0.25) is 0 Å². The zero-order valence-electron chi connectivity index (χ0n) is 8.37. The van der Waals surface area contributed by atoms with Crippen molar-refractivity contribution in [2.45, 2.75) is 26.4 Å². The van der Waals surface area contributed by atoms with Gasteiger partial charge < -0.3 is 0 Å². The summed E-state index contributed by atoms with van der Waals surface area (Å²) in [6, 6.07) is 4.30. The van der Waals surface area contributed by atoms with Crippen LogP contribution in [0.15, 0.2) is 18.2 Å². The summed E-state index contributed by atoms with van der Waals surface area (Å²) in [5.74, 6) is 0. The maximum atomic E-state index is 13.5. The molecule has 0 heterocycles. The molecule has 0 N–H and O–H groups in total. The van der Waals surface area contributed by atoms with E-state index in [0.717, 1.165) is 0 Å². The summed E-state index contributed by atoms with van der Waals surface area (Å²) in [7, 11) is 0. The molecule has 0 spiro atoms. The van der Waals surface area contributed by atoms with Gasteiger partial charge in [-0.3, -0.25) is 10.1 Å². The largest absolute Gasteiger partial charge is 0.272 e. The first-order chi connectivity index (χ1) is 6.32. The second-order valence-electron chi connectivity index (χ2n) is 3.73.